The maximum atomic E-state index is 12.9. The summed E-state index contributed by atoms with van der Waals surface area (Å²) in [5.41, 5.74) is 4.76. The van der Waals surface area contributed by atoms with Crippen LogP contribution in [0, 0.1) is 0 Å². The van der Waals surface area contributed by atoms with E-state index in [1.807, 2.05) is 24.3 Å². The van der Waals surface area contributed by atoms with Gasteiger partial charge in [0.1, 0.15) is 0 Å². The predicted molar refractivity (Wildman–Crippen MR) is 130 cm³/mol. The number of nitrogens with one attached hydrogen (secondary N) is 2. The van der Waals surface area contributed by atoms with E-state index >= 15 is 0 Å². The second-order valence-corrected chi connectivity index (χ2v) is 11.1. The van der Waals surface area contributed by atoms with Gasteiger partial charge in [0.05, 0.1) is 22.5 Å². The van der Waals surface area contributed by atoms with Crippen LogP contribution in [0.2, 0.25) is 10.0 Å². The molecule has 0 unspecified atom stereocenters. The molecule has 32 heavy (non-hydrogen) atoms. The molecule has 0 aliphatic carbocycles. The number of fused-ring (bicyclic) bond motifs is 1. The monoisotopic (exact) mass is 468 g/mol. The first-order valence-corrected chi connectivity index (χ1v) is 11.3. The molecule has 0 fully saturated rings. The first kappa shape index (κ1) is 22.6. The van der Waals surface area contributed by atoms with Gasteiger partial charge in [-0.15, -0.1) is 0 Å². The van der Waals surface area contributed by atoms with Crippen LogP contribution in [-0.4, -0.2) is 11.8 Å². The number of hydrogen-bond donors (Lipinski definition) is 2. The molecule has 2 aromatic carbocycles. The van der Waals surface area contributed by atoms with E-state index in [0.29, 0.717) is 43.7 Å². The molecule has 2 aromatic rings. The molecule has 4 nitrogen and oxygen atoms in total. The maximum Gasteiger partial charge on any atom is 0.258 e. The molecule has 2 heterocycles. The zero-order chi connectivity index (χ0) is 23.6. The summed E-state index contributed by atoms with van der Waals surface area (Å²) in [6.07, 6.45) is 0. The molecular weight excluding hydrogens is 443 g/mol. The second-order valence-electron chi connectivity index (χ2n) is 10.3. The molecule has 2 aliphatic heterocycles. The predicted octanol–water partition coefficient (Wildman–Crippen LogP) is 5.97. The fourth-order valence-corrected chi connectivity index (χ4v) is 5.10. The van der Waals surface area contributed by atoms with Crippen molar-refractivity contribution in [2.45, 2.75) is 52.4 Å². The Balaban J connectivity index is 1.83. The van der Waals surface area contributed by atoms with Crippen molar-refractivity contribution in [1.82, 2.24) is 10.6 Å². The van der Waals surface area contributed by atoms with E-state index in [-0.39, 0.29) is 22.6 Å². The third-order valence-electron chi connectivity index (χ3n) is 5.81. The third kappa shape index (κ3) is 3.76. The quantitative estimate of drug-likeness (QED) is 0.570. The van der Waals surface area contributed by atoms with Crippen molar-refractivity contribution in [2.24, 2.45) is 0 Å². The highest BCUT2D eigenvalue weighted by atomic mass is 35.5. The molecule has 0 saturated heterocycles. The van der Waals surface area contributed by atoms with Crippen LogP contribution in [0.25, 0.3) is 11.4 Å². The van der Waals surface area contributed by atoms with Crippen molar-refractivity contribution in [3.63, 3.8) is 0 Å². The highest BCUT2D eigenvalue weighted by Crippen LogP contribution is 2.40. The van der Waals surface area contributed by atoms with Crippen molar-refractivity contribution >= 4 is 46.4 Å². The van der Waals surface area contributed by atoms with E-state index in [0.717, 1.165) is 11.1 Å². The second kappa shape index (κ2) is 7.50. The van der Waals surface area contributed by atoms with Gasteiger partial charge in [0.15, 0.2) is 0 Å². The van der Waals surface area contributed by atoms with Gasteiger partial charge in [-0.05, 0) is 34.1 Å². The number of amides is 2. The molecule has 166 valence electrons. The summed E-state index contributed by atoms with van der Waals surface area (Å²) in [6.45, 7) is 12.5. The van der Waals surface area contributed by atoms with Gasteiger partial charge in [-0.25, -0.2) is 0 Å². The lowest BCUT2D eigenvalue weighted by Gasteiger charge is -2.21. The van der Waals surface area contributed by atoms with Gasteiger partial charge < -0.3 is 10.6 Å². The lowest BCUT2D eigenvalue weighted by Crippen LogP contribution is -2.21. The summed E-state index contributed by atoms with van der Waals surface area (Å²) >= 11 is 13.1. The van der Waals surface area contributed by atoms with E-state index in [1.54, 1.807) is 12.1 Å². The number of rotatable bonds is 2. The first-order valence-electron chi connectivity index (χ1n) is 10.5. The molecule has 0 atom stereocenters. The Labute approximate surface area is 198 Å². The largest absolute Gasteiger partial charge is 0.321 e. The minimum atomic E-state index is -0.324. The Bertz CT molecular complexity index is 1140. The minimum Gasteiger partial charge on any atom is -0.321 e. The van der Waals surface area contributed by atoms with Crippen LogP contribution in [0.4, 0.5) is 0 Å². The summed E-state index contributed by atoms with van der Waals surface area (Å²) in [7, 11) is 0. The Kier molecular flexibility index (Phi) is 5.30. The lowest BCUT2D eigenvalue weighted by molar-refractivity contribution is -0.117. The van der Waals surface area contributed by atoms with Gasteiger partial charge in [-0.3, -0.25) is 9.59 Å². The van der Waals surface area contributed by atoms with E-state index in [4.69, 9.17) is 23.2 Å². The van der Waals surface area contributed by atoms with Crippen LogP contribution in [0.1, 0.15) is 63.8 Å². The Morgan fingerprint density at radius 2 is 0.969 bits per heavy atom. The van der Waals surface area contributed by atoms with Gasteiger partial charge in [-0.2, -0.15) is 0 Å². The molecule has 4 rings (SSSR count). The number of halogens is 2. The molecule has 6 heteroatoms. The van der Waals surface area contributed by atoms with Crippen molar-refractivity contribution < 1.29 is 9.59 Å². The third-order valence-corrected chi connectivity index (χ3v) is 6.44. The standard InChI is InChI=1S/C26H26Cl2N2O2/c1-25(2,3)15-9-7-13(11-17(15)27)21-19-20(24(32)29-21)22(30-23(19)31)14-8-10-16(18(28)12-14)26(4,5)6/h7-12H,1-6H3,(H,29,32)(H,30,31). The van der Waals surface area contributed by atoms with Crippen LogP contribution in [0.5, 0.6) is 0 Å². The normalized spacial score (nSPS) is 16.5. The molecule has 2 amide bonds. The van der Waals surface area contributed by atoms with E-state index < -0.39 is 0 Å². The molecule has 0 spiro atoms. The molecule has 2 N–H and O–H groups in total. The number of hydrogen-bond acceptors (Lipinski definition) is 2. The highest BCUT2D eigenvalue weighted by Gasteiger charge is 2.41. The average molecular weight is 469 g/mol. The van der Waals surface area contributed by atoms with Crippen molar-refractivity contribution in [2.75, 3.05) is 0 Å². The summed E-state index contributed by atoms with van der Waals surface area (Å²) in [4.78, 5) is 25.8. The van der Waals surface area contributed by atoms with E-state index in [1.165, 1.54) is 0 Å². The Hall–Kier alpha value is -2.56. The van der Waals surface area contributed by atoms with Crippen LogP contribution in [0.15, 0.2) is 47.5 Å². The highest BCUT2D eigenvalue weighted by molar-refractivity contribution is 6.33. The van der Waals surface area contributed by atoms with Gasteiger partial charge >= 0.3 is 0 Å². The summed E-state index contributed by atoms with van der Waals surface area (Å²) < 4.78 is 0. The zero-order valence-corrected chi connectivity index (χ0v) is 20.5. The van der Waals surface area contributed by atoms with Crippen molar-refractivity contribution in [1.29, 1.82) is 0 Å². The van der Waals surface area contributed by atoms with Gasteiger partial charge in [-0.1, -0.05) is 89.0 Å². The SMILES string of the molecule is CC(C)(C)c1ccc(C2=C3C(=O)NC(c4ccc(C(C)(C)C)c(Cl)c4)=C3C(=O)N2)cc1Cl. The zero-order valence-electron chi connectivity index (χ0n) is 19.0. The Morgan fingerprint density at radius 1 is 0.625 bits per heavy atom. The van der Waals surface area contributed by atoms with Gasteiger partial charge in [0, 0.05) is 21.2 Å². The number of carbonyl (C=O) groups is 2. The van der Waals surface area contributed by atoms with Crippen LogP contribution in [-0.2, 0) is 20.4 Å². The molecule has 0 aromatic heterocycles. The van der Waals surface area contributed by atoms with Crippen LogP contribution in [0.3, 0.4) is 0 Å². The van der Waals surface area contributed by atoms with Crippen LogP contribution >= 0.6 is 23.2 Å². The number of carbonyl (C=O) groups excluding carboxylic acids is 2. The lowest BCUT2D eigenvalue weighted by atomic mass is 9.86. The van der Waals surface area contributed by atoms with Crippen molar-refractivity contribution in [3.05, 3.63) is 79.8 Å². The van der Waals surface area contributed by atoms with Crippen molar-refractivity contribution in [3.8, 4) is 0 Å². The van der Waals surface area contributed by atoms with Gasteiger partial charge in [0.2, 0.25) is 0 Å². The number of benzene rings is 2. The van der Waals surface area contributed by atoms with E-state index in [2.05, 4.69) is 52.2 Å². The van der Waals surface area contributed by atoms with E-state index in [9.17, 15) is 9.59 Å². The topological polar surface area (TPSA) is 58.2 Å². The van der Waals surface area contributed by atoms with Crippen LogP contribution < -0.4 is 10.6 Å². The fraction of sp³-hybridized carbons (Fsp3) is 0.308. The molecule has 0 radical (unpaired) electrons. The smallest absolute Gasteiger partial charge is 0.258 e. The summed E-state index contributed by atoms with van der Waals surface area (Å²) in [5.74, 6) is -0.647. The fourth-order valence-electron chi connectivity index (χ4n) is 4.17. The molecule has 0 bridgehead atoms. The summed E-state index contributed by atoms with van der Waals surface area (Å²) in [6, 6.07) is 11.3. The Morgan fingerprint density at radius 3 is 1.25 bits per heavy atom. The minimum absolute atomic E-state index is 0.117. The average Bonchev–Trinajstić information content (AvgIpc) is 3.18. The molecule has 2 aliphatic rings. The first-order chi connectivity index (χ1) is 14.8. The molecule has 0 saturated carbocycles. The van der Waals surface area contributed by atoms with Gasteiger partial charge in [0.25, 0.3) is 11.8 Å². The molecular formula is C26H26Cl2N2O2. The summed E-state index contributed by atoms with van der Waals surface area (Å²) in [5, 5.41) is 6.93. The maximum absolute atomic E-state index is 12.9.